The average Bonchev–Trinajstić information content (AvgIpc) is 2.61. The zero-order chi connectivity index (χ0) is 18.3. The number of fused-ring (bicyclic) bond motifs is 2. The fourth-order valence-electron chi connectivity index (χ4n) is 2.82. The highest BCUT2D eigenvalue weighted by Gasteiger charge is 2.10. The molecule has 0 saturated heterocycles. The van der Waals surface area contributed by atoms with Crippen LogP contribution < -0.4 is 10.1 Å². The largest absolute Gasteiger partial charge is 0.497 e. The summed E-state index contributed by atoms with van der Waals surface area (Å²) in [6.45, 7) is 3.87. The minimum atomic E-state index is -0.0836. The van der Waals surface area contributed by atoms with Crippen LogP contribution >= 0.6 is 0 Å². The molecule has 0 aliphatic carbocycles. The van der Waals surface area contributed by atoms with Crippen molar-refractivity contribution in [2.45, 2.75) is 13.8 Å². The summed E-state index contributed by atoms with van der Waals surface area (Å²) in [6, 6.07) is 11.2. The Labute approximate surface area is 149 Å². The van der Waals surface area contributed by atoms with E-state index >= 15 is 0 Å². The molecule has 0 atom stereocenters. The lowest BCUT2D eigenvalue weighted by atomic mass is 10.2. The van der Waals surface area contributed by atoms with E-state index in [0.29, 0.717) is 16.9 Å². The Bertz CT molecular complexity index is 1140. The van der Waals surface area contributed by atoms with Gasteiger partial charge in [-0.2, -0.15) is 4.98 Å². The molecule has 0 aliphatic rings. The maximum Gasteiger partial charge on any atom is 0.233 e. The highest BCUT2D eigenvalue weighted by molar-refractivity contribution is 5.86. The maximum absolute atomic E-state index is 10.2. The van der Waals surface area contributed by atoms with Crippen LogP contribution in [0.25, 0.3) is 21.8 Å². The van der Waals surface area contributed by atoms with Crippen LogP contribution in [0.15, 0.2) is 36.4 Å². The van der Waals surface area contributed by atoms with Crippen LogP contribution in [0.1, 0.15) is 11.3 Å². The normalized spacial score (nSPS) is 11.0. The maximum atomic E-state index is 10.2. The van der Waals surface area contributed by atoms with Crippen molar-refractivity contribution in [2.75, 3.05) is 12.4 Å². The molecule has 0 unspecified atom stereocenters. The third kappa shape index (κ3) is 2.83. The molecule has 4 rings (SSSR count). The number of hydrogen-bond acceptors (Lipinski definition) is 7. The van der Waals surface area contributed by atoms with Gasteiger partial charge in [-0.1, -0.05) is 6.07 Å². The zero-order valence-electron chi connectivity index (χ0n) is 14.6. The van der Waals surface area contributed by atoms with Crippen LogP contribution in [0, 0.1) is 13.8 Å². The minimum absolute atomic E-state index is 0.0836. The fraction of sp³-hybridized carbons (Fsp3) is 0.158. The lowest BCUT2D eigenvalue weighted by molar-refractivity contribution is 0.415. The third-order valence-corrected chi connectivity index (χ3v) is 4.15. The molecule has 2 heterocycles. The number of methoxy groups -OCH3 is 1. The summed E-state index contributed by atoms with van der Waals surface area (Å²) in [5, 5.41) is 14.7. The Kier molecular flexibility index (Phi) is 3.76. The van der Waals surface area contributed by atoms with E-state index in [0.717, 1.165) is 27.9 Å². The van der Waals surface area contributed by atoms with Gasteiger partial charge in [-0.25, -0.2) is 15.0 Å². The number of anilines is 2. The molecule has 0 saturated carbocycles. The Morgan fingerprint density at radius 2 is 1.62 bits per heavy atom. The van der Waals surface area contributed by atoms with Gasteiger partial charge in [-0.15, -0.1) is 0 Å². The van der Waals surface area contributed by atoms with Gasteiger partial charge in [0.25, 0.3) is 0 Å². The van der Waals surface area contributed by atoms with Crippen LogP contribution in [-0.2, 0) is 0 Å². The molecule has 2 aromatic heterocycles. The van der Waals surface area contributed by atoms with Crippen molar-refractivity contribution >= 4 is 33.7 Å². The Morgan fingerprint density at radius 3 is 2.42 bits per heavy atom. The van der Waals surface area contributed by atoms with Gasteiger partial charge in [-0.3, -0.25) is 5.32 Å². The molecule has 4 aromatic rings. The first kappa shape index (κ1) is 16.0. The summed E-state index contributed by atoms with van der Waals surface area (Å²) in [6.07, 6.45) is 0. The molecule has 0 bridgehead atoms. The van der Waals surface area contributed by atoms with E-state index in [4.69, 9.17) is 4.74 Å². The molecule has 26 heavy (non-hydrogen) atoms. The summed E-state index contributed by atoms with van der Waals surface area (Å²) >= 11 is 0. The summed E-state index contributed by atoms with van der Waals surface area (Å²) in [7, 11) is 1.62. The Balaban J connectivity index is 1.76. The van der Waals surface area contributed by atoms with Crippen molar-refractivity contribution in [1.29, 1.82) is 0 Å². The zero-order valence-corrected chi connectivity index (χ0v) is 14.6. The summed E-state index contributed by atoms with van der Waals surface area (Å²) in [5.74, 6) is 1.28. The van der Waals surface area contributed by atoms with Gasteiger partial charge in [0, 0.05) is 5.39 Å². The number of aromatic nitrogens is 4. The van der Waals surface area contributed by atoms with E-state index in [9.17, 15) is 5.11 Å². The molecule has 0 fully saturated rings. The van der Waals surface area contributed by atoms with E-state index in [1.54, 1.807) is 13.2 Å². The standard InChI is InChI=1S/C19H17N5O2/c1-10-4-6-13-16(8-10)22-19(23-17(13)25)24-18-20-11(2)14-9-12(26-3)5-7-15(14)21-18/h4-9H,1-3H3,(H2,20,21,22,23,24,25). The van der Waals surface area contributed by atoms with Crippen LogP contribution in [0.2, 0.25) is 0 Å². The first-order valence-corrected chi connectivity index (χ1v) is 8.10. The second-order valence-electron chi connectivity index (χ2n) is 6.03. The van der Waals surface area contributed by atoms with Crippen LogP contribution in [0.3, 0.4) is 0 Å². The second-order valence-corrected chi connectivity index (χ2v) is 6.03. The number of nitrogens with one attached hydrogen (secondary N) is 1. The molecule has 0 amide bonds. The average molecular weight is 347 g/mol. The van der Waals surface area contributed by atoms with Crippen LogP contribution in [0.4, 0.5) is 11.9 Å². The van der Waals surface area contributed by atoms with Gasteiger partial charge in [0.2, 0.25) is 17.8 Å². The van der Waals surface area contributed by atoms with Crippen LogP contribution in [0.5, 0.6) is 11.6 Å². The Morgan fingerprint density at radius 1 is 0.846 bits per heavy atom. The monoisotopic (exact) mass is 347 g/mol. The van der Waals surface area contributed by atoms with E-state index in [1.165, 1.54) is 0 Å². The van der Waals surface area contributed by atoms with Gasteiger partial charge in [0.1, 0.15) is 5.75 Å². The molecular weight excluding hydrogens is 330 g/mol. The number of ether oxygens (including phenoxy) is 1. The number of nitrogens with zero attached hydrogens (tertiary/aromatic N) is 4. The Hall–Kier alpha value is -3.48. The molecule has 2 N–H and O–H groups in total. The van der Waals surface area contributed by atoms with Crippen molar-refractivity contribution < 1.29 is 9.84 Å². The molecule has 130 valence electrons. The molecule has 7 nitrogen and oxygen atoms in total. The van der Waals surface area contributed by atoms with Gasteiger partial charge in [-0.05, 0) is 49.7 Å². The van der Waals surface area contributed by atoms with Gasteiger partial charge < -0.3 is 9.84 Å². The molecule has 0 radical (unpaired) electrons. The van der Waals surface area contributed by atoms with E-state index < -0.39 is 0 Å². The van der Waals surface area contributed by atoms with Crippen molar-refractivity contribution in [3.8, 4) is 11.6 Å². The van der Waals surface area contributed by atoms with E-state index in [-0.39, 0.29) is 11.8 Å². The van der Waals surface area contributed by atoms with Crippen molar-refractivity contribution in [1.82, 2.24) is 19.9 Å². The minimum Gasteiger partial charge on any atom is -0.497 e. The smallest absolute Gasteiger partial charge is 0.233 e. The quantitative estimate of drug-likeness (QED) is 0.584. The summed E-state index contributed by atoms with van der Waals surface area (Å²) < 4.78 is 5.25. The summed E-state index contributed by atoms with van der Waals surface area (Å²) in [4.78, 5) is 17.5. The second kappa shape index (κ2) is 6.11. The van der Waals surface area contributed by atoms with E-state index in [2.05, 4.69) is 25.3 Å². The number of aromatic hydroxyl groups is 1. The number of aryl methyl sites for hydroxylation is 2. The lowest BCUT2D eigenvalue weighted by Gasteiger charge is -2.09. The predicted molar refractivity (Wildman–Crippen MR) is 100 cm³/mol. The first-order valence-electron chi connectivity index (χ1n) is 8.10. The fourth-order valence-corrected chi connectivity index (χ4v) is 2.82. The predicted octanol–water partition coefficient (Wildman–Crippen LogP) is 3.65. The topological polar surface area (TPSA) is 93.0 Å². The first-order chi connectivity index (χ1) is 12.5. The van der Waals surface area contributed by atoms with Crippen LogP contribution in [-0.4, -0.2) is 32.2 Å². The van der Waals surface area contributed by atoms with Gasteiger partial charge in [0.05, 0.1) is 29.2 Å². The van der Waals surface area contributed by atoms with Gasteiger partial charge in [0.15, 0.2) is 0 Å². The van der Waals surface area contributed by atoms with Crippen molar-refractivity contribution in [2.24, 2.45) is 0 Å². The molecule has 2 aromatic carbocycles. The number of hydrogen-bond donors (Lipinski definition) is 2. The highest BCUT2D eigenvalue weighted by Crippen LogP contribution is 2.26. The third-order valence-electron chi connectivity index (χ3n) is 4.15. The van der Waals surface area contributed by atoms with Gasteiger partial charge >= 0.3 is 0 Å². The number of benzene rings is 2. The van der Waals surface area contributed by atoms with Crippen molar-refractivity contribution in [3.63, 3.8) is 0 Å². The molecular formula is C19H17N5O2. The molecule has 0 spiro atoms. The highest BCUT2D eigenvalue weighted by atomic mass is 16.5. The summed E-state index contributed by atoms with van der Waals surface area (Å²) in [5.41, 5.74) is 3.29. The van der Waals surface area contributed by atoms with Crippen molar-refractivity contribution in [3.05, 3.63) is 47.7 Å². The molecule has 7 heteroatoms. The lowest BCUT2D eigenvalue weighted by Crippen LogP contribution is -2.03. The van der Waals surface area contributed by atoms with E-state index in [1.807, 2.05) is 44.2 Å². The molecule has 0 aliphatic heterocycles. The number of rotatable bonds is 3. The SMILES string of the molecule is COc1ccc2nc(Nc3nc(O)c4ccc(C)cc4n3)nc(C)c2c1.